The Morgan fingerprint density at radius 2 is 1.66 bits per heavy atom. The molecule has 0 aliphatic rings. The fourth-order valence-electron chi connectivity index (χ4n) is 2.61. The van der Waals surface area contributed by atoms with Gasteiger partial charge in [-0.15, -0.1) is 11.3 Å². The van der Waals surface area contributed by atoms with Gasteiger partial charge in [-0.05, 0) is 48.5 Å². The minimum absolute atomic E-state index is 0.0701. The van der Waals surface area contributed by atoms with Crippen molar-refractivity contribution < 1.29 is 13.2 Å². The summed E-state index contributed by atoms with van der Waals surface area (Å²) in [6.45, 7) is 0. The van der Waals surface area contributed by atoms with Crippen molar-refractivity contribution in [2.45, 2.75) is 4.90 Å². The van der Waals surface area contributed by atoms with Crippen LogP contribution in [0.15, 0.2) is 77.3 Å². The van der Waals surface area contributed by atoms with Crippen LogP contribution in [-0.4, -0.2) is 24.4 Å². The zero-order valence-electron chi connectivity index (χ0n) is 14.9. The van der Waals surface area contributed by atoms with Gasteiger partial charge in [0.1, 0.15) is 0 Å². The van der Waals surface area contributed by atoms with Crippen molar-refractivity contribution in [3.05, 3.63) is 72.4 Å². The fourth-order valence-corrected chi connectivity index (χ4v) is 4.40. The lowest BCUT2D eigenvalue weighted by molar-refractivity contribution is 0.262. The third-order valence-corrected chi connectivity index (χ3v) is 6.11. The van der Waals surface area contributed by atoms with E-state index in [1.54, 1.807) is 17.6 Å². The molecule has 2 aromatic carbocycles. The number of aromatic nitrogens is 2. The van der Waals surface area contributed by atoms with Crippen LogP contribution in [0.5, 0.6) is 0 Å². The molecule has 2 heterocycles. The van der Waals surface area contributed by atoms with E-state index in [1.165, 1.54) is 41.8 Å². The molecule has 4 rings (SSSR count). The first-order valence-corrected chi connectivity index (χ1v) is 10.8. The number of sulfonamides is 1. The lowest BCUT2D eigenvalue weighted by Gasteiger charge is -2.09. The molecule has 146 valence electrons. The number of nitrogens with one attached hydrogen (secondary N) is 3. The number of amides is 2. The quantitative estimate of drug-likeness (QED) is 0.445. The van der Waals surface area contributed by atoms with E-state index in [0.717, 1.165) is 10.9 Å². The highest BCUT2D eigenvalue weighted by molar-refractivity contribution is 7.93. The van der Waals surface area contributed by atoms with E-state index in [4.69, 9.17) is 0 Å². The minimum Gasteiger partial charge on any atom is -0.308 e. The van der Waals surface area contributed by atoms with Gasteiger partial charge in [0.15, 0.2) is 5.13 Å². The van der Waals surface area contributed by atoms with E-state index in [1.807, 2.05) is 24.3 Å². The van der Waals surface area contributed by atoms with E-state index in [9.17, 15) is 13.2 Å². The summed E-state index contributed by atoms with van der Waals surface area (Å²) < 4.78 is 27.1. The Balaban J connectivity index is 1.41. The molecule has 0 aliphatic heterocycles. The Labute approximate surface area is 170 Å². The van der Waals surface area contributed by atoms with Crippen molar-refractivity contribution in [1.29, 1.82) is 0 Å². The number of carbonyl (C=O) groups is 1. The summed E-state index contributed by atoms with van der Waals surface area (Å²) in [5.41, 5.74) is 1.91. The van der Waals surface area contributed by atoms with Gasteiger partial charge in [0, 0.05) is 34.5 Å². The Morgan fingerprint density at radius 1 is 0.897 bits per heavy atom. The molecule has 0 fully saturated rings. The average molecular weight is 425 g/mol. The molecule has 2 amide bonds. The molecule has 0 bridgehead atoms. The second kappa shape index (κ2) is 7.86. The van der Waals surface area contributed by atoms with Gasteiger partial charge in [0.2, 0.25) is 0 Å². The van der Waals surface area contributed by atoms with Crippen LogP contribution in [-0.2, 0) is 10.0 Å². The molecule has 2 aromatic heterocycles. The van der Waals surface area contributed by atoms with Crippen LogP contribution in [0.3, 0.4) is 0 Å². The zero-order valence-corrected chi connectivity index (χ0v) is 16.5. The van der Waals surface area contributed by atoms with Gasteiger partial charge in [-0.3, -0.25) is 9.71 Å². The summed E-state index contributed by atoms with van der Waals surface area (Å²) in [7, 11) is -3.73. The topological polar surface area (TPSA) is 113 Å². The Kier molecular flexibility index (Phi) is 5.10. The average Bonchev–Trinajstić information content (AvgIpc) is 3.20. The number of nitrogens with zero attached hydrogens (tertiary/aromatic N) is 2. The van der Waals surface area contributed by atoms with Crippen molar-refractivity contribution in [2.75, 3.05) is 15.4 Å². The summed E-state index contributed by atoms with van der Waals surface area (Å²) in [5, 5.41) is 8.29. The minimum atomic E-state index is -3.73. The maximum absolute atomic E-state index is 12.3. The third-order valence-electron chi connectivity index (χ3n) is 3.94. The largest absolute Gasteiger partial charge is 0.323 e. The molecule has 0 spiro atoms. The van der Waals surface area contributed by atoms with Gasteiger partial charge in [-0.1, -0.05) is 6.07 Å². The van der Waals surface area contributed by atoms with Crippen molar-refractivity contribution in [3.63, 3.8) is 0 Å². The highest BCUT2D eigenvalue weighted by Gasteiger charge is 2.15. The summed E-state index contributed by atoms with van der Waals surface area (Å²) in [6, 6.07) is 14.5. The summed E-state index contributed by atoms with van der Waals surface area (Å²) in [5.74, 6) is 0. The lowest BCUT2D eigenvalue weighted by atomic mass is 10.2. The Hall–Kier alpha value is -3.50. The molecular formula is C19H15N5O3S2. The normalized spacial score (nSPS) is 11.2. The van der Waals surface area contributed by atoms with E-state index < -0.39 is 16.1 Å². The smallest absolute Gasteiger partial charge is 0.308 e. The standard InChI is InChI=1S/C19H15N5O3S2/c25-18(23-15-5-8-17-13(12-15)2-1-9-20-17)22-14-3-6-16(7-4-14)29(26,27)24-19-21-10-11-28-19/h1-12H,(H,21,24)(H2,22,23,25). The van der Waals surface area contributed by atoms with Gasteiger partial charge < -0.3 is 10.6 Å². The SMILES string of the molecule is O=C(Nc1ccc(S(=O)(=O)Nc2nccs2)cc1)Nc1ccc2ncccc2c1. The van der Waals surface area contributed by atoms with Crippen LogP contribution in [0.25, 0.3) is 10.9 Å². The van der Waals surface area contributed by atoms with Crippen LogP contribution in [0.4, 0.5) is 21.3 Å². The lowest BCUT2D eigenvalue weighted by Crippen LogP contribution is -2.19. The number of fused-ring (bicyclic) bond motifs is 1. The second-order valence-electron chi connectivity index (χ2n) is 5.96. The van der Waals surface area contributed by atoms with Gasteiger partial charge in [-0.25, -0.2) is 18.2 Å². The number of carbonyl (C=O) groups excluding carboxylic acids is 1. The molecule has 29 heavy (non-hydrogen) atoms. The first-order chi connectivity index (χ1) is 14.0. The van der Waals surface area contributed by atoms with Crippen LogP contribution < -0.4 is 15.4 Å². The number of pyridine rings is 1. The van der Waals surface area contributed by atoms with Crippen molar-refractivity contribution in [3.8, 4) is 0 Å². The summed E-state index contributed by atoms with van der Waals surface area (Å²) in [6.07, 6.45) is 3.22. The zero-order chi connectivity index (χ0) is 20.3. The Bertz CT molecular complexity index is 1260. The molecular weight excluding hydrogens is 410 g/mol. The number of rotatable bonds is 5. The van der Waals surface area contributed by atoms with E-state index in [-0.39, 0.29) is 10.0 Å². The number of benzene rings is 2. The predicted molar refractivity (Wildman–Crippen MR) is 114 cm³/mol. The fraction of sp³-hybridized carbons (Fsp3) is 0. The van der Waals surface area contributed by atoms with Crippen LogP contribution >= 0.6 is 11.3 Å². The van der Waals surface area contributed by atoms with Gasteiger partial charge >= 0.3 is 6.03 Å². The first-order valence-electron chi connectivity index (χ1n) is 8.45. The number of thiazole rings is 1. The maximum Gasteiger partial charge on any atom is 0.323 e. The molecule has 0 aliphatic carbocycles. The number of anilines is 3. The molecule has 8 nitrogen and oxygen atoms in total. The number of hydrogen-bond donors (Lipinski definition) is 3. The molecule has 4 aromatic rings. The van der Waals surface area contributed by atoms with Gasteiger partial charge in [0.05, 0.1) is 10.4 Å². The van der Waals surface area contributed by atoms with Crippen molar-refractivity contribution in [2.24, 2.45) is 0 Å². The molecule has 3 N–H and O–H groups in total. The maximum atomic E-state index is 12.3. The Morgan fingerprint density at radius 3 is 2.41 bits per heavy atom. The molecule has 10 heteroatoms. The van der Waals surface area contributed by atoms with Gasteiger partial charge in [0.25, 0.3) is 10.0 Å². The summed E-state index contributed by atoms with van der Waals surface area (Å²) in [4.78, 5) is 20.4. The molecule has 0 atom stereocenters. The number of hydrogen-bond acceptors (Lipinski definition) is 6. The monoisotopic (exact) mass is 425 g/mol. The van der Waals surface area contributed by atoms with E-state index in [2.05, 4.69) is 25.3 Å². The highest BCUT2D eigenvalue weighted by Crippen LogP contribution is 2.20. The predicted octanol–water partition coefficient (Wildman–Crippen LogP) is 4.14. The molecule has 0 radical (unpaired) electrons. The van der Waals surface area contributed by atoms with Crippen LogP contribution in [0.2, 0.25) is 0 Å². The third kappa shape index (κ3) is 4.50. The molecule has 0 saturated heterocycles. The molecule has 0 saturated carbocycles. The second-order valence-corrected chi connectivity index (χ2v) is 8.53. The van der Waals surface area contributed by atoms with E-state index >= 15 is 0 Å². The highest BCUT2D eigenvalue weighted by atomic mass is 32.2. The summed E-state index contributed by atoms with van der Waals surface area (Å²) >= 11 is 1.19. The van der Waals surface area contributed by atoms with Crippen molar-refractivity contribution in [1.82, 2.24) is 9.97 Å². The van der Waals surface area contributed by atoms with Gasteiger partial charge in [-0.2, -0.15) is 0 Å². The van der Waals surface area contributed by atoms with E-state index in [0.29, 0.717) is 11.4 Å². The molecule has 0 unspecified atom stereocenters. The first kappa shape index (κ1) is 18.8. The van der Waals surface area contributed by atoms with Crippen LogP contribution in [0.1, 0.15) is 0 Å². The van der Waals surface area contributed by atoms with Crippen molar-refractivity contribution >= 4 is 54.8 Å². The van der Waals surface area contributed by atoms with Crippen LogP contribution in [0, 0.1) is 0 Å². The number of urea groups is 1.